The minimum Gasteiger partial charge on any atom is -0.405 e. The predicted molar refractivity (Wildman–Crippen MR) is 70.7 cm³/mol. The molecule has 0 aliphatic heterocycles. The third kappa shape index (κ3) is 3.60. The van der Waals surface area contributed by atoms with Gasteiger partial charge in [-0.05, 0) is 49.4 Å². The van der Waals surface area contributed by atoms with E-state index in [-0.39, 0.29) is 0 Å². The Hall–Kier alpha value is -1.28. The zero-order chi connectivity index (χ0) is 11.9. The molecule has 0 atom stereocenters. The van der Waals surface area contributed by atoms with Gasteiger partial charge in [0.2, 0.25) is 0 Å². The van der Waals surface area contributed by atoms with Crippen LogP contribution in [-0.4, -0.2) is 12.7 Å². The molecule has 17 heavy (non-hydrogen) atoms. The van der Waals surface area contributed by atoms with Crippen LogP contribution in [0.4, 0.5) is 0 Å². The fourth-order valence-electron chi connectivity index (χ4n) is 2.54. The molecule has 0 spiro atoms. The predicted octanol–water partition coefficient (Wildman–Crippen LogP) is 3.20. The molecule has 1 aliphatic rings. The summed E-state index contributed by atoms with van der Waals surface area (Å²) in [6.45, 7) is 0.650. The second kappa shape index (κ2) is 6.45. The summed E-state index contributed by atoms with van der Waals surface area (Å²) in [4.78, 5) is 0. The van der Waals surface area contributed by atoms with Gasteiger partial charge in [0.25, 0.3) is 0 Å². The number of nitrogens with two attached hydrogens (primary N) is 1. The summed E-state index contributed by atoms with van der Waals surface area (Å²) in [5, 5.41) is 0. The maximum absolute atomic E-state index is 5.74. The Kier molecular flexibility index (Phi) is 4.63. The van der Waals surface area contributed by atoms with Crippen LogP contribution >= 0.6 is 0 Å². The van der Waals surface area contributed by atoms with Crippen LogP contribution in [0.2, 0.25) is 0 Å². The molecule has 1 aliphatic carbocycles. The van der Waals surface area contributed by atoms with Crippen molar-refractivity contribution in [2.24, 2.45) is 5.73 Å². The van der Waals surface area contributed by atoms with Crippen molar-refractivity contribution in [3.05, 3.63) is 48.2 Å². The van der Waals surface area contributed by atoms with Crippen molar-refractivity contribution < 1.29 is 4.74 Å². The van der Waals surface area contributed by atoms with Gasteiger partial charge in [-0.15, -0.1) is 0 Å². The Morgan fingerprint density at radius 3 is 2.47 bits per heavy atom. The number of hydrogen-bond donors (Lipinski definition) is 1. The molecule has 2 rings (SSSR count). The minimum absolute atomic E-state index is 0.422. The van der Waals surface area contributed by atoms with Crippen LogP contribution in [-0.2, 0) is 4.74 Å². The molecule has 1 saturated carbocycles. The second-order valence-corrected chi connectivity index (χ2v) is 4.65. The maximum Gasteiger partial charge on any atom is 0.0667 e. The Morgan fingerprint density at radius 2 is 1.82 bits per heavy atom. The van der Waals surface area contributed by atoms with Gasteiger partial charge in [-0.25, -0.2) is 0 Å². The molecule has 0 amide bonds. The lowest BCUT2D eigenvalue weighted by molar-refractivity contribution is 0.0422. The van der Waals surface area contributed by atoms with Gasteiger partial charge in [-0.2, -0.15) is 0 Å². The van der Waals surface area contributed by atoms with Crippen molar-refractivity contribution in [1.29, 1.82) is 0 Å². The van der Waals surface area contributed by atoms with E-state index in [0.29, 0.717) is 12.7 Å². The van der Waals surface area contributed by atoms with Gasteiger partial charge < -0.3 is 10.5 Å². The molecule has 1 aromatic rings. The first kappa shape index (κ1) is 12.2. The van der Waals surface area contributed by atoms with E-state index in [2.05, 4.69) is 30.3 Å². The highest BCUT2D eigenvalue weighted by Gasteiger charge is 2.22. The smallest absolute Gasteiger partial charge is 0.0667 e. The zero-order valence-electron chi connectivity index (χ0n) is 10.2. The van der Waals surface area contributed by atoms with E-state index in [4.69, 9.17) is 10.5 Å². The zero-order valence-corrected chi connectivity index (χ0v) is 10.2. The SMILES string of the molecule is N/C=C/COC1CCC(c2ccccc2)CC1. The van der Waals surface area contributed by atoms with E-state index in [1.54, 1.807) is 6.20 Å². The summed E-state index contributed by atoms with van der Waals surface area (Å²) in [5.74, 6) is 0.723. The maximum atomic E-state index is 5.74. The number of ether oxygens (including phenoxy) is 1. The summed E-state index contributed by atoms with van der Waals surface area (Å²) in [6, 6.07) is 10.8. The van der Waals surface area contributed by atoms with Gasteiger partial charge in [0.1, 0.15) is 0 Å². The van der Waals surface area contributed by atoms with Crippen LogP contribution in [0, 0.1) is 0 Å². The Balaban J connectivity index is 1.78. The fraction of sp³-hybridized carbons (Fsp3) is 0.467. The molecule has 0 saturated heterocycles. The normalized spacial score (nSPS) is 25.2. The van der Waals surface area contributed by atoms with Crippen molar-refractivity contribution in [2.45, 2.75) is 37.7 Å². The number of rotatable bonds is 4. The van der Waals surface area contributed by atoms with Crippen molar-refractivity contribution in [2.75, 3.05) is 6.61 Å². The molecule has 0 bridgehead atoms. The summed E-state index contributed by atoms with van der Waals surface area (Å²) in [7, 11) is 0. The Bertz CT molecular complexity index is 339. The van der Waals surface area contributed by atoms with Crippen molar-refractivity contribution in [3.8, 4) is 0 Å². The molecule has 2 heteroatoms. The summed E-state index contributed by atoms with van der Waals surface area (Å²) in [6.07, 6.45) is 8.64. The highest BCUT2D eigenvalue weighted by Crippen LogP contribution is 2.33. The fourth-order valence-corrected chi connectivity index (χ4v) is 2.54. The van der Waals surface area contributed by atoms with Crippen molar-refractivity contribution in [3.63, 3.8) is 0 Å². The first-order valence-corrected chi connectivity index (χ1v) is 6.43. The number of hydrogen-bond acceptors (Lipinski definition) is 2. The van der Waals surface area contributed by atoms with Crippen LogP contribution in [0.5, 0.6) is 0 Å². The van der Waals surface area contributed by atoms with Gasteiger partial charge in [-0.1, -0.05) is 30.3 Å². The quantitative estimate of drug-likeness (QED) is 0.863. The molecule has 2 nitrogen and oxygen atoms in total. The molecular formula is C15H21NO. The largest absolute Gasteiger partial charge is 0.405 e. The van der Waals surface area contributed by atoms with Gasteiger partial charge in [0.05, 0.1) is 12.7 Å². The second-order valence-electron chi connectivity index (χ2n) is 4.65. The van der Waals surface area contributed by atoms with E-state index in [1.807, 2.05) is 6.08 Å². The van der Waals surface area contributed by atoms with Gasteiger partial charge in [0.15, 0.2) is 0 Å². The van der Waals surface area contributed by atoms with Gasteiger partial charge in [-0.3, -0.25) is 0 Å². The molecule has 0 heterocycles. The Morgan fingerprint density at radius 1 is 1.12 bits per heavy atom. The van der Waals surface area contributed by atoms with Crippen LogP contribution < -0.4 is 5.73 Å². The summed E-state index contributed by atoms with van der Waals surface area (Å²) < 4.78 is 5.74. The molecule has 0 radical (unpaired) electrons. The lowest BCUT2D eigenvalue weighted by Crippen LogP contribution is -2.20. The van der Waals surface area contributed by atoms with E-state index in [0.717, 1.165) is 18.8 Å². The lowest BCUT2D eigenvalue weighted by atomic mass is 9.83. The first-order chi connectivity index (χ1) is 8.40. The molecular weight excluding hydrogens is 210 g/mol. The van der Waals surface area contributed by atoms with Crippen LogP contribution in [0.25, 0.3) is 0 Å². The summed E-state index contributed by atoms with van der Waals surface area (Å²) in [5.41, 5.74) is 6.76. The summed E-state index contributed by atoms with van der Waals surface area (Å²) >= 11 is 0. The van der Waals surface area contributed by atoms with E-state index < -0.39 is 0 Å². The topological polar surface area (TPSA) is 35.2 Å². The average molecular weight is 231 g/mol. The standard InChI is InChI=1S/C15H21NO/c16-11-4-12-17-15-9-7-14(8-10-15)13-5-2-1-3-6-13/h1-6,11,14-15H,7-10,12,16H2/b11-4+. The monoisotopic (exact) mass is 231 g/mol. The first-order valence-electron chi connectivity index (χ1n) is 6.43. The van der Waals surface area contributed by atoms with Crippen molar-refractivity contribution in [1.82, 2.24) is 0 Å². The van der Waals surface area contributed by atoms with Crippen LogP contribution in [0.3, 0.4) is 0 Å². The van der Waals surface area contributed by atoms with Crippen molar-refractivity contribution >= 4 is 0 Å². The molecule has 1 aromatic carbocycles. The van der Waals surface area contributed by atoms with Crippen LogP contribution in [0.1, 0.15) is 37.2 Å². The highest BCUT2D eigenvalue weighted by molar-refractivity contribution is 5.19. The van der Waals surface area contributed by atoms with Gasteiger partial charge >= 0.3 is 0 Å². The number of benzene rings is 1. The van der Waals surface area contributed by atoms with E-state index in [1.165, 1.54) is 18.4 Å². The van der Waals surface area contributed by atoms with Gasteiger partial charge in [0, 0.05) is 0 Å². The minimum atomic E-state index is 0.422. The highest BCUT2D eigenvalue weighted by atomic mass is 16.5. The molecule has 2 N–H and O–H groups in total. The molecule has 0 aromatic heterocycles. The average Bonchev–Trinajstić information content (AvgIpc) is 2.41. The third-order valence-corrected chi connectivity index (χ3v) is 3.51. The lowest BCUT2D eigenvalue weighted by Gasteiger charge is -2.28. The van der Waals surface area contributed by atoms with E-state index in [9.17, 15) is 0 Å². The third-order valence-electron chi connectivity index (χ3n) is 3.51. The van der Waals surface area contributed by atoms with E-state index >= 15 is 0 Å². The van der Waals surface area contributed by atoms with Crippen LogP contribution in [0.15, 0.2) is 42.6 Å². The molecule has 1 fully saturated rings. The Labute approximate surface area is 103 Å². The molecule has 0 unspecified atom stereocenters. The molecule has 92 valence electrons.